The van der Waals surface area contributed by atoms with E-state index < -0.39 is 11.9 Å². The molecule has 0 aliphatic carbocycles. The Bertz CT molecular complexity index is 669. The zero-order valence-corrected chi connectivity index (χ0v) is 14.2. The summed E-state index contributed by atoms with van der Waals surface area (Å²) >= 11 is 0. The second-order valence-corrected chi connectivity index (χ2v) is 7.13. The van der Waals surface area contributed by atoms with Gasteiger partial charge in [0.05, 0.1) is 5.92 Å². The Kier molecular flexibility index (Phi) is 4.15. The largest absolute Gasteiger partial charge is 0.483 e. The molecular weight excluding hydrogens is 310 g/mol. The van der Waals surface area contributed by atoms with Crippen molar-refractivity contribution in [1.29, 1.82) is 0 Å². The first-order valence-electron chi connectivity index (χ1n) is 8.24. The van der Waals surface area contributed by atoms with Crippen molar-refractivity contribution < 1.29 is 24.2 Å². The van der Waals surface area contributed by atoms with Gasteiger partial charge >= 0.3 is 5.97 Å². The first-order chi connectivity index (χ1) is 11.3. The normalized spacial score (nSPS) is 24.4. The topological polar surface area (TPSA) is 76.1 Å². The lowest BCUT2D eigenvalue weighted by atomic mass is 10.0. The number of rotatable bonds is 4. The van der Waals surface area contributed by atoms with Crippen LogP contribution in [0.25, 0.3) is 0 Å². The number of fused-ring (bicyclic) bond motifs is 1. The number of carbonyl (C=O) groups is 2. The lowest BCUT2D eigenvalue weighted by Crippen LogP contribution is -2.40. The highest BCUT2D eigenvalue weighted by Gasteiger charge is 2.38. The van der Waals surface area contributed by atoms with Gasteiger partial charge in [0.25, 0.3) is 5.91 Å². The Morgan fingerprint density at radius 2 is 2.17 bits per heavy atom. The molecule has 6 heteroatoms. The van der Waals surface area contributed by atoms with E-state index in [9.17, 15) is 9.59 Å². The second kappa shape index (κ2) is 6.00. The maximum absolute atomic E-state index is 12.4. The maximum atomic E-state index is 12.4. The van der Waals surface area contributed by atoms with Crippen LogP contribution in [0, 0.1) is 5.92 Å². The number of nitrogens with zero attached hydrogens (tertiary/aromatic N) is 1. The van der Waals surface area contributed by atoms with E-state index >= 15 is 0 Å². The summed E-state index contributed by atoms with van der Waals surface area (Å²) in [6.07, 6.45) is 1.29. The third kappa shape index (κ3) is 3.05. The molecule has 1 aromatic carbocycles. The highest BCUT2D eigenvalue weighted by molar-refractivity contribution is 5.80. The average Bonchev–Trinajstić information content (AvgIpc) is 3.03. The zero-order chi connectivity index (χ0) is 17.5. The van der Waals surface area contributed by atoms with Gasteiger partial charge in [0, 0.05) is 24.6 Å². The Morgan fingerprint density at radius 3 is 2.83 bits per heavy atom. The van der Waals surface area contributed by atoms with E-state index in [2.05, 4.69) is 0 Å². The number of benzene rings is 1. The van der Waals surface area contributed by atoms with Crippen molar-refractivity contribution in [2.75, 3.05) is 13.2 Å². The number of para-hydroxylation sites is 1. The lowest BCUT2D eigenvalue weighted by molar-refractivity contribution is -0.143. The molecule has 1 aromatic rings. The molecule has 6 nitrogen and oxygen atoms in total. The smallest absolute Gasteiger partial charge is 0.308 e. The number of amides is 1. The highest BCUT2D eigenvalue weighted by Crippen LogP contribution is 2.41. The SMILES string of the molecule is CC1C(C(=O)O)CCN1C(=O)COc1cccc2c1OC(C)(C)C2. The van der Waals surface area contributed by atoms with Crippen LogP contribution in [0.2, 0.25) is 0 Å². The minimum atomic E-state index is -0.852. The summed E-state index contributed by atoms with van der Waals surface area (Å²) in [7, 11) is 0. The monoisotopic (exact) mass is 333 g/mol. The number of carboxylic acid groups (broad SMARTS) is 1. The molecule has 1 amide bonds. The molecule has 130 valence electrons. The van der Waals surface area contributed by atoms with E-state index in [0.717, 1.165) is 12.0 Å². The van der Waals surface area contributed by atoms with Crippen LogP contribution in [-0.2, 0) is 16.0 Å². The summed E-state index contributed by atoms with van der Waals surface area (Å²) in [5.41, 5.74) is 0.801. The van der Waals surface area contributed by atoms with Gasteiger partial charge in [0.2, 0.25) is 0 Å². The summed E-state index contributed by atoms with van der Waals surface area (Å²) in [6.45, 7) is 6.14. The van der Waals surface area contributed by atoms with Crippen LogP contribution < -0.4 is 9.47 Å². The number of hydrogen-bond donors (Lipinski definition) is 1. The fourth-order valence-electron chi connectivity index (χ4n) is 3.55. The Balaban J connectivity index is 1.65. The minimum absolute atomic E-state index is 0.114. The van der Waals surface area contributed by atoms with E-state index in [-0.39, 0.29) is 24.2 Å². The van der Waals surface area contributed by atoms with Crippen LogP contribution >= 0.6 is 0 Å². The van der Waals surface area contributed by atoms with E-state index in [4.69, 9.17) is 14.6 Å². The van der Waals surface area contributed by atoms with Gasteiger partial charge in [0.15, 0.2) is 18.1 Å². The van der Waals surface area contributed by atoms with Gasteiger partial charge in [0.1, 0.15) is 5.60 Å². The molecule has 2 unspecified atom stereocenters. The molecule has 0 bridgehead atoms. The fourth-order valence-corrected chi connectivity index (χ4v) is 3.55. The Hall–Kier alpha value is -2.24. The zero-order valence-electron chi connectivity index (χ0n) is 14.2. The van der Waals surface area contributed by atoms with Crippen molar-refractivity contribution >= 4 is 11.9 Å². The molecule has 2 atom stereocenters. The number of likely N-dealkylation sites (tertiary alicyclic amines) is 1. The molecule has 3 rings (SSSR count). The van der Waals surface area contributed by atoms with Gasteiger partial charge in [-0.1, -0.05) is 12.1 Å². The van der Waals surface area contributed by atoms with Gasteiger partial charge in [-0.05, 0) is 33.3 Å². The van der Waals surface area contributed by atoms with Crippen molar-refractivity contribution in [1.82, 2.24) is 4.90 Å². The molecule has 1 fully saturated rings. The van der Waals surface area contributed by atoms with E-state index in [1.807, 2.05) is 26.0 Å². The third-order valence-electron chi connectivity index (χ3n) is 4.80. The maximum Gasteiger partial charge on any atom is 0.308 e. The minimum Gasteiger partial charge on any atom is -0.483 e. The molecule has 2 heterocycles. The first kappa shape index (κ1) is 16.6. The van der Waals surface area contributed by atoms with Gasteiger partial charge in [-0.2, -0.15) is 0 Å². The molecule has 2 aliphatic rings. The van der Waals surface area contributed by atoms with Crippen LogP contribution in [0.1, 0.15) is 32.8 Å². The van der Waals surface area contributed by atoms with Gasteiger partial charge in [-0.25, -0.2) is 0 Å². The van der Waals surface area contributed by atoms with Gasteiger partial charge in [-0.3, -0.25) is 9.59 Å². The molecule has 0 saturated carbocycles. The predicted octanol–water partition coefficient (Wildman–Crippen LogP) is 2.10. The third-order valence-corrected chi connectivity index (χ3v) is 4.80. The van der Waals surface area contributed by atoms with E-state index in [1.54, 1.807) is 17.9 Å². The second-order valence-electron chi connectivity index (χ2n) is 7.13. The van der Waals surface area contributed by atoms with Crippen LogP contribution in [0.15, 0.2) is 18.2 Å². The highest BCUT2D eigenvalue weighted by atomic mass is 16.5. The molecule has 1 saturated heterocycles. The molecule has 1 N–H and O–H groups in total. The van der Waals surface area contributed by atoms with Gasteiger partial charge < -0.3 is 19.5 Å². The Labute approximate surface area is 141 Å². The van der Waals surface area contributed by atoms with Crippen LogP contribution in [0.3, 0.4) is 0 Å². The van der Waals surface area contributed by atoms with Crippen LogP contribution in [0.4, 0.5) is 0 Å². The summed E-state index contributed by atoms with van der Waals surface area (Å²) < 4.78 is 11.6. The quantitative estimate of drug-likeness (QED) is 0.913. The molecule has 0 radical (unpaired) electrons. The average molecular weight is 333 g/mol. The lowest BCUT2D eigenvalue weighted by Gasteiger charge is -2.23. The number of carbonyl (C=O) groups excluding carboxylic acids is 1. The molecular formula is C18H23NO5. The van der Waals surface area contributed by atoms with E-state index in [0.29, 0.717) is 24.5 Å². The van der Waals surface area contributed by atoms with Crippen molar-refractivity contribution in [2.24, 2.45) is 5.92 Å². The standard InChI is InChI=1S/C18H23NO5/c1-11-13(17(21)22)7-8-19(11)15(20)10-23-14-6-4-5-12-9-18(2,3)24-16(12)14/h4-6,11,13H,7-10H2,1-3H3,(H,21,22). The van der Waals surface area contributed by atoms with Crippen LogP contribution in [0.5, 0.6) is 11.5 Å². The first-order valence-corrected chi connectivity index (χ1v) is 8.24. The van der Waals surface area contributed by atoms with Crippen molar-refractivity contribution in [2.45, 2.75) is 45.3 Å². The summed E-state index contributed by atoms with van der Waals surface area (Å²) in [5.74, 6) is -0.281. The van der Waals surface area contributed by atoms with E-state index in [1.165, 1.54) is 0 Å². The summed E-state index contributed by atoms with van der Waals surface area (Å²) in [4.78, 5) is 25.1. The summed E-state index contributed by atoms with van der Waals surface area (Å²) in [5, 5.41) is 9.16. The fraction of sp³-hybridized carbons (Fsp3) is 0.556. The number of carboxylic acids is 1. The van der Waals surface area contributed by atoms with Crippen molar-refractivity contribution in [3.05, 3.63) is 23.8 Å². The molecule has 24 heavy (non-hydrogen) atoms. The number of hydrogen-bond acceptors (Lipinski definition) is 4. The summed E-state index contributed by atoms with van der Waals surface area (Å²) in [6, 6.07) is 5.37. The number of aliphatic carboxylic acids is 1. The van der Waals surface area contributed by atoms with Gasteiger partial charge in [-0.15, -0.1) is 0 Å². The molecule has 0 aromatic heterocycles. The molecule has 0 spiro atoms. The number of ether oxygens (including phenoxy) is 2. The predicted molar refractivity (Wildman–Crippen MR) is 87.3 cm³/mol. The van der Waals surface area contributed by atoms with Crippen molar-refractivity contribution in [3.63, 3.8) is 0 Å². The molecule has 2 aliphatic heterocycles. The Morgan fingerprint density at radius 1 is 1.42 bits per heavy atom. The van der Waals surface area contributed by atoms with Crippen molar-refractivity contribution in [3.8, 4) is 11.5 Å². The van der Waals surface area contributed by atoms with Crippen LogP contribution in [-0.4, -0.2) is 46.7 Å².